The van der Waals surface area contributed by atoms with Gasteiger partial charge in [-0.15, -0.1) is 16.9 Å². The number of β-lactam (4-membered cyclic amide) rings is 1. The number of rotatable bonds is 9. The fourth-order valence-corrected chi connectivity index (χ4v) is 6.77. The van der Waals surface area contributed by atoms with E-state index in [0.29, 0.717) is 16.5 Å². The van der Waals surface area contributed by atoms with Gasteiger partial charge in [-0.2, -0.15) is 9.36 Å². The third-order valence-electron chi connectivity index (χ3n) is 5.85. The molecule has 2 unspecified atom stereocenters. The van der Waals surface area contributed by atoms with Crippen LogP contribution in [0.25, 0.3) is 0 Å². The Balaban J connectivity index is 1.31. The number of thioether (sulfide) groups is 2. The minimum atomic E-state index is -1.22. The summed E-state index contributed by atoms with van der Waals surface area (Å²) in [6, 6.07) is -0.963. The lowest BCUT2D eigenvalue weighted by Crippen LogP contribution is -2.71. The molecule has 2 aromatic rings. The van der Waals surface area contributed by atoms with E-state index in [9.17, 15) is 19.5 Å². The van der Waals surface area contributed by atoms with Gasteiger partial charge in [0.2, 0.25) is 16.7 Å². The van der Waals surface area contributed by atoms with E-state index in [1.807, 2.05) is 12.2 Å². The molecule has 18 heteroatoms. The van der Waals surface area contributed by atoms with Crippen LogP contribution < -0.4 is 11.1 Å². The van der Waals surface area contributed by atoms with Gasteiger partial charge in [0.05, 0.1) is 0 Å². The smallest absolute Gasteiger partial charge is 0.352 e. The van der Waals surface area contributed by atoms with Crippen molar-refractivity contribution in [2.24, 2.45) is 12.2 Å². The number of oxime groups is 1. The van der Waals surface area contributed by atoms with Crippen molar-refractivity contribution >= 4 is 63.7 Å². The number of aryl methyl sites for hydroxylation is 1. The van der Waals surface area contributed by atoms with Crippen molar-refractivity contribution in [2.45, 2.75) is 41.9 Å². The summed E-state index contributed by atoms with van der Waals surface area (Å²) in [7, 11) is 1.68. The maximum absolute atomic E-state index is 13.2. The van der Waals surface area contributed by atoms with Crippen LogP contribution in [0.2, 0.25) is 0 Å². The number of allylic oxidation sites excluding steroid dienone is 1. The predicted molar refractivity (Wildman–Crippen MR) is 138 cm³/mol. The third-order valence-corrected chi connectivity index (χ3v) is 8.83. The van der Waals surface area contributed by atoms with Crippen molar-refractivity contribution in [3.05, 3.63) is 29.2 Å². The molecule has 0 spiro atoms. The highest BCUT2D eigenvalue weighted by atomic mass is 32.2. The topological polar surface area (TPSA) is 204 Å². The van der Waals surface area contributed by atoms with E-state index in [1.165, 1.54) is 33.1 Å². The molecule has 4 heterocycles. The van der Waals surface area contributed by atoms with Gasteiger partial charge in [-0.1, -0.05) is 23.0 Å². The Morgan fingerprint density at radius 3 is 2.92 bits per heavy atom. The normalized spacial score (nSPS) is 23.2. The van der Waals surface area contributed by atoms with Gasteiger partial charge in [0.1, 0.15) is 23.2 Å². The summed E-state index contributed by atoms with van der Waals surface area (Å²) in [4.78, 5) is 49.2. The largest absolute Gasteiger partial charge is 0.477 e. The van der Waals surface area contributed by atoms with Crippen molar-refractivity contribution in [3.8, 4) is 0 Å². The second-order valence-corrected chi connectivity index (χ2v) is 11.2. The quantitative estimate of drug-likeness (QED) is 0.118. The van der Waals surface area contributed by atoms with Crippen LogP contribution in [-0.4, -0.2) is 92.1 Å². The van der Waals surface area contributed by atoms with E-state index in [2.05, 4.69) is 35.4 Å². The lowest BCUT2D eigenvalue weighted by Gasteiger charge is -2.49. The zero-order chi connectivity index (χ0) is 26.8. The fraction of sp³-hybridized carbons (Fsp3) is 0.450. The summed E-state index contributed by atoms with van der Waals surface area (Å²) in [5.41, 5.74) is 5.94. The summed E-state index contributed by atoms with van der Waals surface area (Å²) >= 11 is 3.52. The second kappa shape index (κ2) is 11.1. The first-order chi connectivity index (χ1) is 18.3. The van der Waals surface area contributed by atoms with Gasteiger partial charge in [-0.05, 0) is 41.3 Å². The molecule has 2 amide bonds. The third kappa shape index (κ3) is 5.23. The standard InChI is InChI=1S/C20H22N10O5S3/c1-29-20(24-27-28-29)37-8-9-7-36-17-12(16(32)30(17)13(9)18(33)34)22-15(31)11(14-23-19(21)38-26-14)25-35-10-5-3-2-4-6-10/h3,5,10,12,17H,2,4,6-8H2,1H3,(H,22,31)(H,33,34)(H2,21,23,26)/b25-11-/t10?,12?,17-/m1/s1. The van der Waals surface area contributed by atoms with Crippen molar-refractivity contribution in [2.75, 3.05) is 17.2 Å². The van der Waals surface area contributed by atoms with Gasteiger partial charge >= 0.3 is 5.97 Å². The van der Waals surface area contributed by atoms with E-state index < -0.39 is 29.2 Å². The molecule has 5 rings (SSSR count). The molecule has 1 saturated heterocycles. The van der Waals surface area contributed by atoms with Crippen LogP contribution in [0, 0.1) is 0 Å². The number of aromatic nitrogens is 6. The highest BCUT2D eigenvalue weighted by Gasteiger charge is 2.54. The van der Waals surface area contributed by atoms with Crippen molar-refractivity contribution in [1.29, 1.82) is 0 Å². The number of anilines is 1. The fourth-order valence-electron chi connectivity index (χ4n) is 4.00. The molecule has 0 radical (unpaired) electrons. The summed E-state index contributed by atoms with van der Waals surface area (Å²) in [6.07, 6.45) is 6.18. The SMILES string of the molecule is Cn1nnnc1SCC1=C(C(=O)O)N2C(=O)C(NC(=O)/C(=N\OC3C=CCCC3)c3nsc(N)n3)[C@H]2SC1. The molecule has 1 fully saturated rings. The van der Waals surface area contributed by atoms with Gasteiger partial charge in [-0.25, -0.2) is 9.48 Å². The number of hydrogen-bond donors (Lipinski definition) is 3. The number of hydrogen-bond acceptors (Lipinski definition) is 14. The highest BCUT2D eigenvalue weighted by Crippen LogP contribution is 2.41. The zero-order valence-corrected chi connectivity index (χ0v) is 22.3. The molecule has 0 aromatic carbocycles. The molecule has 2 aromatic heterocycles. The van der Waals surface area contributed by atoms with Gasteiger partial charge in [-0.3, -0.25) is 14.5 Å². The first-order valence-electron chi connectivity index (χ1n) is 11.4. The average Bonchev–Trinajstić information content (AvgIpc) is 3.53. The number of tetrazole rings is 1. The maximum Gasteiger partial charge on any atom is 0.352 e. The van der Waals surface area contributed by atoms with Crippen LogP contribution >= 0.6 is 35.1 Å². The Kier molecular flexibility index (Phi) is 7.61. The molecule has 1 aliphatic carbocycles. The number of nitrogen functional groups attached to an aromatic ring is 1. The first kappa shape index (κ1) is 26.1. The zero-order valence-electron chi connectivity index (χ0n) is 19.9. The molecule has 4 N–H and O–H groups in total. The Bertz CT molecular complexity index is 1350. The lowest BCUT2D eigenvalue weighted by atomic mass is 10.0. The van der Waals surface area contributed by atoms with Crippen LogP contribution in [0.4, 0.5) is 5.13 Å². The summed E-state index contributed by atoms with van der Waals surface area (Å²) in [5.74, 6) is -1.87. The summed E-state index contributed by atoms with van der Waals surface area (Å²) < 4.78 is 5.53. The van der Waals surface area contributed by atoms with Gasteiger partial charge in [0.25, 0.3) is 11.8 Å². The molecule has 38 heavy (non-hydrogen) atoms. The molecule has 2 aliphatic heterocycles. The molecule has 200 valence electrons. The number of amides is 2. The van der Waals surface area contributed by atoms with Crippen molar-refractivity contribution in [3.63, 3.8) is 0 Å². The molecule has 0 bridgehead atoms. The molecule has 15 nitrogen and oxygen atoms in total. The van der Waals surface area contributed by atoms with E-state index in [4.69, 9.17) is 10.6 Å². The van der Waals surface area contributed by atoms with Crippen LogP contribution in [0.15, 0.2) is 33.7 Å². The highest BCUT2D eigenvalue weighted by molar-refractivity contribution is 8.01. The van der Waals surface area contributed by atoms with Crippen LogP contribution in [-0.2, 0) is 26.3 Å². The van der Waals surface area contributed by atoms with E-state index in [0.717, 1.165) is 30.8 Å². The van der Waals surface area contributed by atoms with Crippen LogP contribution in [0.3, 0.4) is 0 Å². The Morgan fingerprint density at radius 2 is 2.26 bits per heavy atom. The van der Waals surface area contributed by atoms with Gasteiger partial charge in [0.15, 0.2) is 5.13 Å². The Morgan fingerprint density at radius 1 is 1.42 bits per heavy atom. The second-order valence-electron chi connectivity index (χ2n) is 8.39. The van der Waals surface area contributed by atoms with Crippen LogP contribution in [0.1, 0.15) is 25.1 Å². The number of carboxylic acids is 1. The predicted octanol–water partition coefficient (Wildman–Crippen LogP) is 0.00410. The van der Waals surface area contributed by atoms with Crippen LogP contribution in [0.5, 0.6) is 0 Å². The number of carboxylic acid groups (broad SMARTS) is 1. The van der Waals surface area contributed by atoms with Crippen molar-refractivity contribution < 1.29 is 24.3 Å². The van der Waals surface area contributed by atoms with Gasteiger partial charge < -0.3 is 21.0 Å². The Labute approximate surface area is 228 Å². The molecule has 3 aliphatic rings. The minimum absolute atomic E-state index is 0.0200. The molecule has 0 saturated carbocycles. The number of carbonyl (C=O) groups is 3. The number of aliphatic carboxylic acids is 1. The molecular formula is C20H22N10O5S3. The number of nitrogens with two attached hydrogens (primary N) is 1. The number of nitrogens with one attached hydrogen (secondary N) is 1. The number of fused-ring (bicyclic) bond motifs is 1. The summed E-state index contributed by atoms with van der Waals surface area (Å²) in [6.45, 7) is 0. The van der Waals surface area contributed by atoms with Crippen molar-refractivity contribution in [1.82, 2.24) is 39.8 Å². The van der Waals surface area contributed by atoms with Gasteiger partial charge in [0, 0.05) is 30.1 Å². The number of carbonyl (C=O) groups excluding carboxylic acids is 2. The first-order valence-corrected chi connectivity index (χ1v) is 14.2. The summed E-state index contributed by atoms with van der Waals surface area (Å²) in [5, 5.41) is 27.8. The van der Waals surface area contributed by atoms with E-state index >= 15 is 0 Å². The van der Waals surface area contributed by atoms with E-state index in [1.54, 1.807) is 7.05 Å². The molecular weight excluding hydrogens is 556 g/mol. The Hall–Kier alpha value is -3.51. The minimum Gasteiger partial charge on any atom is -0.477 e. The monoisotopic (exact) mass is 578 g/mol. The van der Waals surface area contributed by atoms with E-state index in [-0.39, 0.29) is 34.2 Å². The maximum atomic E-state index is 13.2. The average molecular weight is 579 g/mol. The number of nitrogens with zero attached hydrogens (tertiary/aromatic N) is 8. The lowest BCUT2D eigenvalue weighted by molar-refractivity contribution is -0.150. The molecule has 3 atom stereocenters.